The van der Waals surface area contributed by atoms with E-state index in [4.69, 9.17) is 19.3 Å². The summed E-state index contributed by atoms with van der Waals surface area (Å²) >= 11 is 0. The summed E-state index contributed by atoms with van der Waals surface area (Å²) in [6, 6.07) is 5.53. The molecule has 1 amide bonds. The van der Waals surface area contributed by atoms with E-state index in [9.17, 15) is 9.59 Å². The molecule has 2 rings (SSSR count). The zero-order chi connectivity index (χ0) is 18.3. The van der Waals surface area contributed by atoms with Crippen molar-refractivity contribution in [1.29, 1.82) is 0 Å². The van der Waals surface area contributed by atoms with Crippen LogP contribution in [0.3, 0.4) is 0 Å². The molecule has 0 atom stereocenters. The Morgan fingerprint density at radius 2 is 1.88 bits per heavy atom. The van der Waals surface area contributed by atoms with Crippen LogP contribution in [0.15, 0.2) is 18.2 Å². The molecule has 2 N–H and O–H groups in total. The molecular formula is C18H25NO6. The number of hydrogen-bond donors (Lipinski definition) is 2. The van der Waals surface area contributed by atoms with Crippen LogP contribution in [0.4, 0.5) is 0 Å². The molecule has 1 aliphatic rings. The molecule has 25 heavy (non-hydrogen) atoms. The first-order valence-corrected chi connectivity index (χ1v) is 8.29. The van der Waals surface area contributed by atoms with Crippen molar-refractivity contribution in [3.05, 3.63) is 23.8 Å². The second-order valence-corrected chi connectivity index (χ2v) is 6.20. The average Bonchev–Trinajstić information content (AvgIpc) is 2.59. The van der Waals surface area contributed by atoms with Crippen molar-refractivity contribution in [2.75, 3.05) is 27.4 Å². The van der Waals surface area contributed by atoms with Gasteiger partial charge >= 0.3 is 5.97 Å². The summed E-state index contributed by atoms with van der Waals surface area (Å²) in [7, 11) is 3.13. The number of ether oxygens (including phenoxy) is 3. The summed E-state index contributed by atoms with van der Waals surface area (Å²) in [6.45, 7) is 0.923. The lowest BCUT2D eigenvalue weighted by atomic mass is 9.86. The zero-order valence-electron chi connectivity index (χ0n) is 14.7. The van der Waals surface area contributed by atoms with Crippen LogP contribution in [0.5, 0.6) is 11.5 Å². The van der Waals surface area contributed by atoms with E-state index in [0.29, 0.717) is 44.0 Å². The summed E-state index contributed by atoms with van der Waals surface area (Å²) in [4.78, 5) is 23.5. The number of carbonyl (C=O) groups is 2. The Balaban J connectivity index is 1.95. The van der Waals surface area contributed by atoms with Crippen molar-refractivity contribution in [2.24, 2.45) is 0 Å². The molecular weight excluding hydrogens is 326 g/mol. The van der Waals surface area contributed by atoms with Crippen molar-refractivity contribution >= 4 is 11.9 Å². The van der Waals surface area contributed by atoms with E-state index < -0.39 is 11.5 Å². The lowest BCUT2D eigenvalue weighted by molar-refractivity contribution is -0.140. The van der Waals surface area contributed by atoms with Gasteiger partial charge in [0.25, 0.3) is 0 Å². The first-order valence-electron chi connectivity index (χ1n) is 8.29. The van der Waals surface area contributed by atoms with Gasteiger partial charge in [0.1, 0.15) is 0 Å². The molecule has 1 fully saturated rings. The van der Waals surface area contributed by atoms with Crippen molar-refractivity contribution < 1.29 is 28.9 Å². The SMILES string of the molecule is COc1ccc(CCC(=O)NC2(CC(=O)O)CCOCC2)cc1OC. The standard InChI is InChI=1S/C18H25NO6/c1-23-14-5-3-13(11-15(14)24-2)4-6-16(20)19-18(12-17(21)22)7-9-25-10-8-18/h3,5,11H,4,6-10,12H2,1-2H3,(H,19,20)(H,21,22). The van der Waals surface area contributed by atoms with Crippen molar-refractivity contribution in [2.45, 2.75) is 37.6 Å². The van der Waals surface area contributed by atoms with Gasteiger partial charge in [-0.1, -0.05) is 6.07 Å². The molecule has 0 aliphatic carbocycles. The molecule has 138 valence electrons. The quantitative estimate of drug-likeness (QED) is 0.741. The highest BCUT2D eigenvalue weighted by atomic mass is 16.5. The van der Waals surface area contributed by atoms with Crippen LogP contribution < -0.4 is 14.8 Å². The Morgan fingerprint density at radius 3 is 2.48 bits per heavy atom. The Labute approximate surface area is 147 Å². The number of nitrogens with one attached hydrogen (secondary N) is 1. The molecule has 0 radical (unpaired) electrons. The minimum atomic E-state index is -0.915. The second-order valence-electron chi connectivity index (χ2n) is 6.20. The Morgan fingerprint density at radius 1 is 1.20 bits per heavy atom. The fourth-order valence-corrected chi connectivity index (χ4v) is 3.05. The Kier molecular flexibility index (Phi) is 6.64. The van der Waals surface area contributed by atoms with Gasteiger partial charge in [0, 0.05) is 19.6 Å². The molecule has 0 bridgehead atoms. The van der Waals surface area contributed by atoms with Crippen LogP contribution in [0.2, 0.25) is 0 Å². The third kappa shape index (κ3) is 5.35. The van der Waals surface area contributed by atoms with Gasteiger partial charge < -0.3 is 24.6 Å². The van der Waals surface area contributed by atoms with E-state index in [-0.39, 0.29) is 18.7 Å². The van der Waals surface area contributed by atoms with Gasteiger partial charge in [-0.25, -0.2) is 0 Å². The third-order valence-corrected chi connectivity index (χ3v) is 4.43. The average molecular weight is 351 g/mol. The van der Waals surface area contributed by atoms with Crippen LogP contribution in [0, 0.1) is 0 Å². The number of aryl methyl sites for hydroxylation is 1. The maximum absolute atomic E-state index is 12.3. The number of hydrogen-bond acceptors (Lipinski definition) is 5. The van der Waals surface area contributed by atoms with Gasteiger partial charge in [0.05, 0.1) is 26.2 Å². The number of amides is 1. The smallest absolute Gasteiger partial charge is 0.305 e. The summed E-state index contributed by atoms with van der Waals surface area (Å²) in [5.41, 5.74) is 0.241. The minimum Gasteiger partial charge on any atom is -0.493 e. The molecule has 7 heteroatoms. The molecule has 0 spiro atoms. The van der Waals surface area contributed by atoms with E-state index in [0.717, 1.165) is 5.56 Å². The largest absolute Gasteiger partial charge is 0.493 e. The van der Waals surface area contributed by atoms with E-state index in [1.165, 1.54) is 0 Å². The third-order valence-electron chi connectivity index (χ3n) is 4.43. The van der Waals surface area contributed by atoms with Crippen LogP contribution >= 0.6 is 0 Å². The summed E-state index contributed by atoms with van der Waals surface area (Å²) in [5.74, 6) is 0.186. The Bertz CT molecular complexity index is 610. The topological polar surface area (TPSA) is 94.1 Å². The molecule has 7 nitrogen and oxygen atoms in total. The van der Waals surface area contributed by atoms with Crippen LogP contribution in [0.1, 0.15) is 31.2 Å². The minimum absolute atomic E-state index is 0.0849. The lowest BCUT2D eigenvalue weighted by Crippen LogP contribution is -2.53. The second kappa shape index (κ2) is 8.71. The predicted octanol–water partition coefficient (Wildman–Crippen LogP) is 1.78. The van der Waals surface area contributed by atoms with Crippen LogP contribution in [0.25, 0.3) is 0 Å². The van der Waals surface area contributed by atoms with Gasteiger partial charge in [-0.05, 0) is 37.0 Å². The van der Waals surface area contributed by atoms with Crippen molar-refractivity contribution in [1.82, 2.24) is 5.32 Å². The van der Waals surface area contributed by atoms with Crippen LogP contribution in [-0.2, 0) is 20.7 Å². The first kappa shape index (κ1) is 19.1. The summed E-state index contributed by atoms with van der Waals surface area (Å²) in [6.07, 6.45) is 1.75. The fraction of sp³-hybridized carbons (Fsp3) is 0.556. The number of methoxy groups -OCH3 is 2. The van der Waals surface area contributed by atoms with Gasteiger partial charge in [-0.3, -0.25) is 9.59 Å². The van der Waals surface area contributed by atoms with Gasteiger partial charge in [0.15, 0.2) is 11.5 Å². The highest BCUT2D eigenvalue weighted by Gasteiger charge is 2.36. The monoisotopic (exact) mass is 351 g/mol. The molecule has 1 aromatic rings. The molecule has 0 saturated carbocycles. The van der Waals surface area contributed by atoms with E-state index >= 15 is 0 Å². The lowest BCUT2D eigenvalue weighted by Gasteiger charge is -2.36. The van der Waals surface area contributed by atoms with Crippen LogP contribution in [-0.4, -0.2) is 50.0 Å². The number of carbonyl (C=O) groups excluding carboxylic acids is 1. The van der Waals surface area contributed by atoms with Gasteiger partial charge in [0.2, 0.25) is 5.91 Å². The molecule has 1 aromatic carbocycles. The predicted molar refractivity (Wildman–Crippen MR) is 91.0 cm³/mol. The Hall–Kier alpha value is -2.28. The molecule has 1 saturated heterocycles. The molecule has 0 unspecified atom stereocenters. The van der Waals surface area contributed by atoms with Crippen molar-refractivity contribution in [3.8, 4) is 11.5 Å². The number of aliphatic carboxylic acids is 1. The number of rotatable bonds is 8. The number of carboxylic acids is 1. The highest BCUT2D eigenvalue weighted by Crippen LogP contribution is 2.28. The molecule has 1 heterocycles. The maximum Gasteiger partial charge on any atom is 0.305 e. The summed E-state index contributed by atoms with van der Waals surface area (Å²) < 4.78 is 15.8. The van der Waals surface area contributed by atoms with E-state index in [1.54, 1.807) is 20.3 Å². The van der Waals surface area contributed by atoms with E-state index in [1.807, 2.05) is 12.1 Å². The maximum atomic E-state index is 12.3. The zero-order valence-corrected chi connectivity index (χ0v) is 14.7. The first-order chi connectivity index (χ1) is 12.0. The molecule has 1 aliphatic heterocycles. The van der Waals surface area contributed by atoms with Crippen molar-refractivity contribution in [3.63, 3.8) is 0 Å². The number of carboxylic acid groups (broad SMARTS) is 1. The fourth-order valence-electron chi connectivity index (χ4n) is 3.05. The summed E-state index contributed by atoms with van der Waals surface area (Å²) in [5, 5.41) is 12.1. The molecule has 0 aromatic heterocycles. The highest BCUT2D eigenvalue weighted by molar-refractivity contribution is 5.78. The number of benzene rings is 1. The van der Waals surface area contributed by atoms with Gasteiger partial charge in [-0.15, -0.1) is 0 Å². The van der Waals surface area contributed by atoms with E-state index in [2.05, 4.69) is 5.32 Å². The van der Waals surface area contributed by atoms with Gasteiger partial charge in [-0.2, -0.15) is 0 Å². The normalized spacial score (nSPS) is 16.1.